The van der Waals surface area contributed by atoms with E-state index in [2.05, 4.69) is 99.9 Å². The molecule has 0 amide bonds. The molecule has 0 unspecified atom stereocenters. The average Bonchev–Trinajstić information content (AvgIpc) is 2.51. The highest BCUT2D eigenvalue weighted by atomic mass is 28.3. The van der Waals surface area contributed by atoms with E-state index in [1.807, 2.05) is 8.12 Å². The third-order valence-electron chi connectivity index (χ3n) is 4.13. The van der Waals surface area contributed by atoms with Gasteiger partial charge in [0.25, 0.3) is 30.4 Å². The molecule has 2 radical (unpaired) electrons. The van der Waals surface area contributed by atoms with Crippen LogP contribution in [0.1, 0.15) is 0 Å². The van der Waals surface area contributed by atoms with E-state index in [0.717, 1.165) is 0 Å². The van der Waals surface area contributed by atoms with E-state index in [9.17, 15) is 0 Å². The second-order valence-corrected chi connectivity index (χ2v) is 22.7. The second-order valence-electron chi connectivity index (χ2n) is 8.44. The Labute approximate surface area is 162 Å². The van der Waals surface area contributed by atoms with Crippen molar-refractivity contribution in [2.24, 2.45) is 0 Å². The molecular weight excluding hydrogens is 350 g/mol. The Bertz CT molecular complexity index is 620. The first-order chi connectivity index (χ1) is 11.2. The predicted octanol–water partition coefficient (Wildman–Crippen LogP) is 4.01. The Kier molecular flexibility index (Phi) is 6.98. The van der Waals surface area contributed by atoms with Gasteiger partial charge >= 0.3 is 0 Å². The van der Waals surface area contributed by atoms with Crippen molar-refractivity contribution >= 4 is 55.4 Å². The van der Waals surface area contributed by atoms with Gasteiger partial charge in [-0.3, -0.25) is 0 Å². The van der Waals surface area contributed by atoms with Crippen molar-refractivity contribution < 1.29 is 0 Å². The molecule has 24 heavy (non-hydrogen) atoms. The Hall–Kier alpha value is -0.321. The van der Waals surface area contributed by atoms with Crippen molar-refractivity contribution in [2.45, 2.75) is 39.3 Å². The summed E-state index contributed by atoms with van der Waals surface area (Å²) in [5, 5.41) is 0. The minimum absolute atomic E-state index is 0.251. The van der Waals surface area contributed by atoms with Gasteiger partial charge in [-0.25, -0.2) is 0 Å². The van der Waals surface area contributed by atoms with E-state index >= 15 is 0 Å². The monoisotopic (exact) mass is 378 g/mol. The van der Waals surface area contributed by atoms with Crippen LogP contribution >= 0.6 is 0 Å². The summed E-state index contributed by atoms with van der Waals surface area (Å²) in [4.78, 5) is 0. The SMILES string of the molecule is C[Si](C)(C)/[C]([Al][c]1ccccc1)=[C](/[Al][c]1ccccc1)[Si](C)(C)C. The molecule has 0 aliphatic heterocycles. The molecule has 4 heteroatoms. The first kappa shape index (κ1) is 20.0. The zero-order chi connectivity index (χ0) is 17.8. The average molecular weight is 379 g/mol. The summed E-state index contributed by atoms with van der Waals surface area (Å²) in [7, 11) is -2.65. The lowest BCUT2D eigenvalue weighted by molar-refractivity contribution is 1.66. The van der Waals surface area contributed by atoms with Gasteiger partial charge in [-0.15, -0.1) is 8.85 Å². The molecule has 0 heterocycles. The summed E-state index contributed by atoms with van der Waals surface area (Å²) >= 11 is 0.502. The maximum Gasteiger partial charge on any atom is 0.282 e. The lowest BCUT2D eigenvalue weighted by atomic mass is 10.4. The summed E-state index contributed by atoms with van der Waals surface area (Å²) in [6.07, 6.45) is 0. The Balaban J connectivity index is 2.52. The van der Waals surface area contributed by atoms with Crippen molar-refractivity contribution in [3.63, 3.8) is 0 Å². The Morgan fingerprint density at radius 1 is 0.542 bits per heavy atom. The molecule has 0 N–H and O–H groups in total. The van der Waals surface area contributed by atoms with Crippen LogP contribution in [-0.4, -0.2) is 46.6 Å². The molecule has 0 aliphatic carbocycles. The van der Waals surface area contributed by atoms with Crippen LogP contribution in [-0.2, 0) is 0 Å². The fourth-order valence-electron chi connectivity index (χ4n) is 2.83. The fourth-order valence-corrected chi connectivity index (χ4v) is 16.5. The van der Waals surface area contributed by atoms with Gasteiger partial charge < -0.3 is 0 Å². The highest BCUT2D eigenvalue weighted by Gasteiger charge is 2.30. The van der Waals surface area contributed by atoms with Crippen LogP contribution < -0.4 is 8.85 Å². The van der Waals surface area contributed by atoms with Crippen LogP contribution in [0.15, 0.2) is 68.8 Å². The molecule has 0 nitrogen and oxygen atoms in total. The largest absolute Gasteiger partial charge is 0.282 e. The summed E-state index contributed by atoms with van der Waals surface area (Å²) in [5.74, 6) is 0. The van der Waals surface area contributed by atoms with E-state index in [-0.39, 0.29) is 30.4 Å². The summed E-state index contributed by atoms with van der Waals surface area (Å²) < 4.78 is 6.90. The molecule has 0 saturated carbocycles. The lowest BCUT2D eigenvalue weighted by Crippen LogP contribution is -2.43. The molecule has 2 aromatic rings. The van der Waals surface area contributed by atoms with Crippen molar-refractivity contribution in [1.29, 1.82) is 0 Å². The smallest absolute Gasteiger partial charge is 0.164 e. The molecule has 0 fully saturated rings. The van der Waals surface area contributed by atoms with E-state index in [0.29, 0.717) is 0 Å². The van der Waals surface area contributed by atoms with Gasteiger partial charge in [-0.1, -0.05) is 99.9 Å². The first-order valence-electron chi connectivity index (χ1n) is 8.73. The number of hydrogen-bond acceptors (Lipinski definition) is 0. The van der Waals surface area contributed by atoms with Crippen molar-refractivity contribution in [3.05, 3.63) is 68.8 Å². The van der Waals surface area contributed by atoms with Crippen LogP contribution in [0.25, 0.3) is 0 Å². The van der Waals surface area contributed by atoms with Crippen LogP contribution in [0.2, 0.25) is 39.3 Å². The molecule has 0 bridgehead atoms. The maximum atomic E-state index is 2.54. The van der Waals surface area contributed by atoms with Gasteiger partial charge in [0.2, 0.25) is 0 Å². The second kappa shape index (κ2) is 8.37. The third kappa shape index (κ3) is 5.89. The minimum atomic E-state index is -1.32. The van der Waals surface area contributed by atoms with Gasteiger partial charge in [0.15, 0.2) is 0 Å². The number of benzene rings is 2. The zero-order valence-electron chi connectivity index (χ0n) is 15.9. The van der Waals surface area contributed by atoms with E-state index in [1.54, 1.807) is 8.85 Å². The normalized spacial score (nSPS) is 13.2. The third-order valence-corrected chi connectivity index (χ3v) is 17.8. The predicted molar refractivity (Wildman–Crippen MR) is 117 cm³/mol. The van der Waals surface area contributed by atoms with Gasteiger partial charge in [0, 0.05) is 0 Å². The van der Waals surface area contributed by atoms with E-state index < -0.39 is 16.1 Å². The topological polar surface area (TPSA) is 0 Å². The van der Waals surface area contributed by atoms with Gasteiger partial charge in [-0.2, -0.15) is 8.12 Å². The van der Waals surface area contributed by atoms with E-state index in [4.69, 9.17) is 0 Å². The van der Waals surface area contributed by atoms with Gasteiger partial charge in [0.1, 0.15) is 0 Å². The molecule has 2 rings (SSSR count). The van der Waals surface area contributed by atoms with Crippen LogP contribution in [0, 0.1) is 0 Å². The molecule has 0 atom stereocenters. The molecule has 0 saturated heterocycles. The van der Waals surface area contributed by atoms with Gasteiger partial charge in [0.05, 0.1) is 16.1 Å². The molecule has 0 spiro atoms. The van der Waals surface area contributed by atoms with Crippen molar-refractivity contribution in [1.82, 2.24) is 0 Å². The van der Waals surface area contributed by atoms with Crippen LogP contribution in [0.4, 0.5) is 0 Å². The first-order valence-corrected chi connectivity index (χ1v) is 18.0. The summed E-state index contributed by atoms with van der Waals surface area (Å²) in [5.41, 5.74) is 0. The highest BCUT2D eigenvalue weighted by Crippen LogP contribution is 2.24. The molecule has 0 aliphatic rings. The molecule has 2 aromatic carbocycles. The lowest BCUT2D eigenvalue weighted by Gasteiger charge is -2.33. The summed E-state index contributed by atoms with van der Waals surface area (Å²) in [6.45, 7) is 15.3. The maximum absolute atomic E-state index is 2.54. The van der Waals surface area contributed by atoms with Gasteiger partial charge in [-0.05, 0) is 0 Å². The fraction of sp³-hybridized carbons (Fsp3) is 0.300. The summed E-state index contributed by atoms with van der Waals surface area (Å²) in [6, 6.07) is 22.4. The Morgan fingerprint density at radius 2 is 0.833 bits per heavy atom. The van der Waals surface area contributed by atoms with Crippen molar-refractivity contribution in [3.8, 4) is 0 Å². The molecular formula is C20H28Al2Si2. The van der Waals surface area contributed by atoms with Crippen LogP contribution in [0.3, 0.4) is 0 Å². The number of rotatable bonds is 6. The quantitative estimate of drug-likeness (QED) is 0.666. The molecule has 122 valence electrons. The van der Waals surface area contributed by atoms with E-state index in [1.165, 1.54) is 0 Å². The van der Waals surface area contributed by atoms with Crippen LogP contribution in [0.5, 0.6) is 0 Å². The zero-order valence-corrected chi connectivity index (χ0v) is 20.2. The Morgan fingerprint density at radius 3 is 1.08 bits per heavy atom. The number of hydrogen-bond donors (Lipinski definition) is 0. The van der Waals surface area contributed by atoms with Crippen molar-refractivity contribution in [2.75, 3.05) is 0 Å². The highest BCUT2D eigenvalue weighted by molar-refractivity contribution is 7.04. The molecule has 0 aromatic heterocycles. The minimum Gasteiger partial charge on any atom is -0.164 e. The standard InChI is InChI=1S/C8H18Si2.2C6H5.2Al/c1-9(2,3)7-8-10(4,5)6;2*1-2-4-6-5-3-1;;/h1-6H3;2*1-5H;;.